The van der Waals surface area contributed by atoms with E-state index in [4.69, 9.17) is 10.2 Å². The molecule has 0 aliphatic carbocycles. The second kappa shape index (κ2) is 3.38. The molecule has 5 nitrogen and oxygen atoms in total. The van der Waals surface area contributed by atoms with Gasteiger partial charge in [0.15, 0.2) is 12.5 Å². The highest BCUT2D eigenvalue weighted by Crippen LogP contribution is 2.25. The summed E-state index contributed by atoms with van der Waals surface area (Å²) >= 11 is 0. The monoisotopic (exact) mass is 194 g/mol. The van der Waals surface area contributed by atoms with Crippen LogP contribution in [0.3, 0.4) is 0 Å². The van der Waals surface area contributed by atoms with Crippen molar-refractivity contribution < 1.29 is 15.3 Å². The average molecular weight is 194 g/mol. The molecule has 2 rings (SSSR count). The number of aliphatic hydroxyl groups excluding tert-OH is 2. The van der Waals surface area contributed by atoms with Gasteiger partial charge in [-0.05, 0) is 12.1 Å². The van der Waals surface area contributed by atoms with Crippen molar-refractivity contribution in [3.8, 4) is 0 Å². The largest absolute Gasteiger partial charge is 0.370 e. The predicted octanol–water partition coefficient (Wildman–Crippen LogP) is -0.480. The molecule has 0 aromatic carbocycles. The molecule has 74 valence electrons. The van der Waals surface area contributed by atoms with E-state index in [0.717, 1.165) is 11.3 Å². The molecule has 0 amide bonds. The summed E-state index contributed by atoms with van der Waals surface area (Å²) in [5, 5.41) is 30.1. The second-order valence-electron chi connectivity index (χ2n) is 3.03. The molecule has 1 unspecified atom stereocenters. The first-order valence-electron chi connectivity index (χ1n) is 4.15. The van der Waals surface area contributed by atoms with Gasteiger partial charge in [0, 0.05) is 29.2 Å². The Morgan fingerprint density at radius 2 is 2.21 bits per heavy atom. The molecule has 4 N–H and O–H groups in total. The van der Waals surface area contributed by atoms with Crippen LogP contribution >= 0.6 is 0 Å². The Morgan fingerprint density at radius 1 is 1.43 bits per heavy atom. The summed E-state index contributed by atoms with van der Waals surface area (Å²) in [6.07, 6.45) is 1.95. The van der Waals surface area contributed by atoms with Gasteiger partial charge in [-0.2, -0.15) is 0 Å². The smallest absolute Gasteiger partial charge is 0.179 e. The quantitative estimate of drug-likeness (QED) is 0.454. The summed E-state index contributed by atoms with van der Waals surface area (Å²) < 4.78 is 0. The summed E-state index contributed by atoms with van der Waals surface area (Å²) in [7, 11) is 0. The van der Waals surface area contributed by atoms with Crippen molar-refractivity contribution in [3.63, 3.8) is 0 Å². The van der Waals surface area contributed by atoms with Gasteiger partial charge in [-0.1, -0.05) is 0 Å². The maximum absolute atomic E-state index is 9.47. The van der Waals surface area contributed by atoms with Crippen LogP contribution in [0.2, 0.25) is 0 Å². The summed E-state index contributed by atoms with van der Waals surface area (Å²) in [5.41, 5.74) is 1.56. The normalized spacial score (nSPS) is 20.0. The standard InChI is InChI=1S/C9H10N2O3/c12-8-6(9(13)14)3-5-4-10-2-1-7(5)11-8/h1-4,8-9,11-14H. The van der Waals surface area contributed by atoms with Gasteiger partial charge in [-0.15, -0.1) is 0 Å². The number of nitrogens with zero attached hydrogens (tertiary/aromatic N) is 1. The maximum Gasteiger partial charge on any atom is 0.179 e. The van der Waals surface area contributed by atoms with E-state index in [2.05, 4.69) is 10.3 Å². The van der Waals surface area contributed by atoms with Crippen LogP contribution in [0, 0.1) is 0 Å². The van der Waals surface area contributed by atoms with Gasteiger partial charge in [-0.25, -0.2) is 0 Å². The molecule has 1 aliphatic rings. The van der Waals surface area contributed by atoms with E-state index in [1.807, 2.05) is 0 Å². The minimum Gasteiger partial charge on any atom is -0.370 e. The van der Waals surface area contributed by atoms with E-state index in [9.17, 15) is 5.11 Å². The van der Waals surface area contributed by atoms with Gasteiger partial charge in [0.1, 0.15) is 0 Å². The summed E-state index contributed by atoms with van der Waals surface area (Å²) in [4.78, 5) is 3.89. The first kappa shape index (κ1) is 9.14. The number of nitrogens with one attached hydrogen (secondary N) is 1. The fourth-order valence-electron chi connectivity index (χ4n) is 1.36. The van der Waals surface area contributed by atoms with Crippen LogP contribution in [0.15, 0.2) is 24.0 Å². The molecule has 1 atom stereocenters. The Bertz CT molecular complexity index is 376. The molecule has 0 spiro atoms. The Balaban J connectivity index is 2.44. The van der Waals surface area contributed by atoms with Crippen molar-refractivity contribution in [3.05, 3.63) is 29.6 Å². The Morgan fingerprint density at radius 3 is 2.93 bits per heavy atom. The zero-order chi connectivity index (χ0) is 10.1. The first-order valence-corrected chi connectivity index (χ1v) is 4.15. The third-order valence-corrected chi connectivity index (χ3v) is 2.08. The lowest BCUT2D eigenvalue weighted by Crippen LogP contribution is -2.31. The molecule has 0 bridgehead atoms. The maximum atomic E-state index is 9.47. The number of aromatic nitrogens is 1. The van der Waals surface area contributed by atoms with Gasteiger partial charge in [0.25, 0.3) is 0 Å². The van der Waals surface area contributed by atoms with Gasteiger partial charge in [-0.3, -0.25) is 4.98 Å². The molecule has 0 fully saturated rings. The molecule has 0 saturated heterocycles. The molecule has 1 aromatic heterocycles. The van der Waals surface area contributed by atoms with Gasteiger partial charge < -0.3 is 20.6 Å². The van der Waals surface area contributed by atoms with Crippen LogP contribution in [-0.4, -0.2) is 32.8 Å². The third kappa shape index (κ3) is 1.48. The summed E-state index contributed by atoms with van der Waals surface area (Å²) in [5.74, 6) is 0. The number of hydrogen-bond acceptors (Lipinski definition) is 5. The zero-order valence-electron chi connectivity index (χ0n) is 7.25. The first-order chi connectivity index (χ1) is 6.68. The molecule has 0 radical (unpaired) electrons. The van der Waals surface area contributed by atoms with Crippen LogP contribution in [0.4, 0.5) is 5.69 Å². The minimum absolute atomic E-state index is 0.116. The Hall–Kier alpha value is -1.43. The van der Waals surface area contributed by atoms with Crippen LogP contribution < -0.4 is 5.32 Å². The lowest BCUT2D eigenvalue weighted by molar-refractivity contribution is -0.0207. The van der Waals surface area contributed by atoms with Crippen molar-refractivity contribution in [1.29, 1.82) is 0 Å². The number of hydrogen-bond donors (Lipinski definition) is 4. The van der Waals surface area contributed by atoms with Crippen molar-refractivity contribution in [2.24, 2.45) is 0 Å². The number of anilines is 1. The van der Waals surface area contributed by atoms with E-state index in [0.29, 0.717) is 0 Å². The van der Waals surface area contributed by atoms with Gasteiger partial charge in [0.2, 0.25) is 0 Å². The average Bonchev–Trinajstić information content (AvgIpc) is 2.16. The third-order valence-electron chi connectivity index (χ3n) is 2.08. The molecule has 2 heterocycles. The van der Waals surface area contributed by atoms with Crippen LogP contribution in [0.25, 0.3) is 6.08 Å². The Kier molecular flexibility index (Phi) is 2.20. The fraction of sp³-hybridized carbons (Fsp3) is 0.222. The van der Waals surface area contributed by atoms with Gasteiger partial charge >= 0.3 is 0 Å². The van der Waals surface area contributed by atoms with Crippen LogP contribution in [0.5, 0.6) is 0 Å². The highest BCUT2D eigenvalue weighted by molar-refractivity contribution is 5.72. The number of rotatable bonds is 1. The lowest BCUT2D eigenvalue weighted by Gasteiger charge is -2.24. The van der Waals surface area contributed by atoms with Gasteiger partial charge in [0.05, 0.1) is 0 Å². The molecule has 0 saturated carbocycles. The van der Waals surface area contributed by atoms with Crippen molar-refractivity contribution in [2.45, 2.75) is 12.5 Å². The second-order valence-corrected chi connectivity index (χ2v) is 3.03. The SMILES string of the molecule is OC(O)C1=Cc2cnccc2NC1O. The van der Waals surface area contributed by atoms with Crippen molar-refractivity contribution >= 4 is 11.8 Å². The topological polar surface area (TPSA) is 85.6 Å². The molecular formula is C9H10N2O3. The fourth-order valence-corrected chi connectivity index (χ4v) is 1.36. The van der Waals surface area contributed by atoms with E-state index in [1.165, 1.54) is 6.08 Å². The van der Waals surface area contributed by atoms with E-state index in [1.54, 1.807) is 18.5 Å². The minimum atomic E-state index is -1.66. The zero-order valence-corrected chi connectivity index (χ0v) is 7.25. The van der Waals surface area contributed by atoms with E-state index in [-0.39, 0.29) is 5.57 Å². The number of pyridine rings is 1. The van der Waals surface area contributed by atoms with Crippen LogP contribution in [0.1, 0.15) is 5.56 Å². The number of fused-ring (bicyclic) bond motifs is 1. The predicted molar refractivity (Wildman–Crippen MR) is 50.1 cm³/mol. The van der Waals surface area contributed by atoms with E-state index < -0.39 is 12.5 Å². The van der Waals surface area contributed by atoms with E-state index >= 15 is 0 Å². The molecule has 1 aliphatic heterocycles. The number of aliphatic hydroxyl groups is 3. The van der Waals surface area contributed by atoms with Crippen molar-refractivity contribution in [2.75, 3.05) is 5.32 Å². The molecule has 1 aromatic rings. The molecule has 14 heavy (non-hydrogen) atoms. The highest BCUT2D eigenvalue weighted by atomic mass is 16.5. The highest BCUT2D eigenvalue weighted by Gasteiger charge is 2.22. The molecule has 5 heteroatoms. The van der Waals surface area contributed by atoms with Crippen LogP contribution in [-0.2, 0) is 0 Å². The van der Waals surface area contributed by atoms with Crippen molar-refractivity contribution in [1.82, 2.24) is 4.98 Å². The summed E-state index contributed by atoms with van der Waals surface area (Å²) in [6, 6.07) is 1.70. The lowest BCUT2D eigenvalue weighted by atomic mass is 10.0. The Labute approximate surface area is 80.3 Å². The summed E-state index contributed by atoms with van der Waals surface area (Å²) in [6.45, 7) is 0. The molecular weight excluding hydrogens is 184 g/mol.